The monoisotopic (exact) mass is 440 g/mol. The van der Waals surface area contributed by atoms with Gasteiger partial charge in [0.05, 0.1) is 19.3 Å². The third kappa shape index (κ3) is 5.06. The molecular formula is C25H36N4O3. The Morgan fingerprint density at radius 2 is 1.62 bits per heavy atom. The fourth-order valence-electron chi connectivity index (χ4n) is 5.78. The van der Waals surface area contributed by atoms with E-state index in [4.69, 9.17) is 4.74 Å². The molecule has 5 rings (SSSR count). The Morgan fingerprint density at radius 3 is 2.38 bits per heavy atom. The number of benzene rings is 1. The Kier molecular flexibility index (Phi) is 6.88. The van der Waals surface area contributed by atoms with Gasteiger partial charge < -0.3 is 9.64 Å². The summed E-state index contributed by atoms with van der Waals surface area (Å²) in [5, 5.41) is 2.50. The molecule has 4 aliphatic heterocycles. The molecule has 1 unspecified atom stereocenters. The number of amides is 2. The van der Waals surface area contributed by atoms with Gasteiger partial charge in [0.15, 0.2) is 0 Å². The Balaban J connectivity index is 1.10. The van der Waals surface area contributed by atoms with Gasteiger partial charge in [0.25, 0.3) is 0 Å². The van der Waals surface area contributed by atoms with Gasteiger partial charge in [0.1, 0.15) is 0 Å². The maximum atomic E-state index is 12.3. The molecule has 0 radical (unpaired) electrons. The number of imide groups is 1. The van der Waals surface area contributed by atoms with Crippen molar-refractivity contribution in [3.63, 3.8) is 0 Å². The first-order valence-electron chi connectivity index (χ1n) is 12.4. The average molecular weight is 441 g/mol. The molecule has 174 valence electrons. The number of carbonyl (C=O) groups is 2. The van der Waals surface area contributed by atoms with E-state index in [1.807, 2.05) is 0 Å². The van der Waals surface area contributed by atoms with Gasteiger partial charge in [-0.15, -0.1) is 0 Å². The zero-order valence-electron chi connectivity index (χ0n) is 19.1. The molecule has 3 saturated heterocycles. The van der Waals surface area contributed by atoms with Crippen molar-refractivity contribution in [1.82, 2.24) is 20.0 Å². The normalized spacial score (nSPS) is 26.3. The minimum Gasteiger partial charge on any atom is -0.379 e. The summed E-state index contributed by atoms with van der Waals surface area (Å²) in [6, 6.07) is 6.79. The lowest BCUT2D eigenvalue weighted by Crippen LogP contribution is -2.50. The number of piperidine rings is 2. The van der Waals surface area contributed by atoms with Crippen molar-refractivity contribution < 1.29 is 14.3 Å². The molecule has 4 heterocycles. The number of nitrogens with zero attached hydrogens (tertiary/aromatic N) is 3. The van der Waals surface area contributed by atoms with Gasteiger partial charge in [-0.05, 0) is 74.5 Å². The first-order chi connectivity index (χ1) is 15.7. The average Bonchev–Trinajstić information content (AvgIpc) is 3.23. The van der Waals surface area contributed by atoms with Crippen LogP contribution in [0.4, 0.5) is 0 Å². The van der Waals surface area contributed by atoms with Gasteiger partial charge in [-0.3, -0.25) is 24.7 Å². The molecule has 1 aromatic carbocycles. The van der Waals surface area contributed by atoms with Crippen LogP contribution in [0, 0.1) is 0 Å². The number of rotatable bonds is 6. The lowest BCUT2D eigenvalue weighted by molar-refractivity contribution is -0.137. The van der Waals surface area contributed by atoms with Crippen molar-refractivity contribution in [1.29, 1.82) is 0 Å². The molecule has 1 N–H and O–H groups in total. The van der Waals surface area contributed by atoms with Crippen LogP contribution in [0.1, 0.15) is 54.7 Å². The smallest absolute Gasteiger partial charge is 0.243 e. The van der Waals surface area contributed by atoms with Crippen LogP contribution in [0.15, 0.2) is 18.2 Å². The highest BCUT2D eigenvalue weighted by atomic mass is 16.5. The number of carbonyl (C=O) groups excluding carboxylic acids is 2. The fraction of sp³-hybridized carbons (Fsp3) is 0.680. The zero-order chi connectivity index (χ0) is 21.9. The highest BCUT2D eigenvalue weighted by molar-refractivity contribution is 6.00. The minimum absolute atomic E-state index is 0.129. The summed E-state index contributed by atoms with van der Waals surface area (Å²) in [7, 11) is 0. The molecule has 7 heteroatoms. The topological polar surface area (TPSA) is 65.1 Å². The molecule has 2 amide bonds. The van der Waals surface area contributed by atoms with Crippen molar-refractivity contribution >= 4 is 11.8 Å². The predicted octanol–water partition coefficient (Wildman–Crippen LogP) is 1.71. The summed E-state index contributed by atoms with van der Waals surface area (Å²) < 4.78 is 5.44. The van der Waals surface area contributed by atoms with Crippen LogP contribution in [0.25, 0.3) is 0 Å². The van der Waals surface area contributed by atoms with Crippen LogP contribution < -0.4 is 5.32 Å². The van der Waals surface area contributed by atoms with Crippen molar-refractivity contribution in [2.24, 2.45) is 0 Å². The number of morpholine rings is 1. The van der Waals surface area contributed by atoms with E-state index in [0.29, 0.717) is 18.8 Å². The molecule has 0 bridgehead atoms. The van der Waals surface area contributed by atoms with Crippen LogP contribution >= 0.6 is 0 Å². The van der Waals surface area contributed by atoms with E-state index in [9.17, 15) is 9.59 Å². The summed E-state index contributed by atoms with van der Waals surface area (Å²) >= 11 is 0. The molecule has 3 fully saturated rings. The molecule has 4 aliphatic rings. The third-order valence-corrected chi connectivity index (χ3v) is 7.74. The Bertz CT molecular complexity index is 830. The molecule has 7 nitrogen and oxygen atoms in total. The van der Waals surface area contributed by atoms with Gasteiger partial charge in [-0.25, -0.2) is 0 Å². The predicted molar refractivity (Wildman–Crippen MR) is 122 cm³/mol. The summed E-state index contributed by atoms with van der Waals surface area (Å²) in [5.41, 5.74) is 4.15. The number of hydrogen-bond donors (Lipinski definition) is 1. The molecule has 1 atom stereocenters. The Hall–Kier alpha value is -1.80. The van der Waals surface area contributed by atoms with Crippen molar-refractivity contribution in [3.05, 3.63) is 34.9 Å². The van der Waals surface area contributed by atoms with Crippen LogP contribution in [-0.2, 0) is 27.4 Å². The van der Waals surface area contributed by atoms with Crippen LogP contribution in [0.2, 0.25) is 0 Å². The number of nitrogens with one attached hydrogen (secondary N) is 1. The zero-order valence-corrected chi connectivity index (χ0v) is 19.1. The van der Waals surface area contributed by atoms with Gasteiger partial charge in [0, 0.05) is 32.6 Å². The lowest BCUT2D eigenvalue weighted by Gasteiger charge is -2.33. The highest BCUT2D eigenvalue weighted by Gasteiger charge is 2.35. The summed E-state index contributed by atoms with van der Waals surface area (Å²) in [4.78, 5) is 31.1. The van der Waals surface area contributed by atoms with Crippen molar-refractivity contribution in [2.45, 2.75) is 57.2 Å². The SMILES string of the molecule is O=C1CCC(N2Cc3ccc(C4CCN(CCCN5CCOCC5)CC4)cc3C2)C(=O)N1. The summed E-state index contributed by atoms with van der Waals surface area (Å²) in [6.07, 6.45) is 4.79. The Labute approximate surface area is 191 Å². The second kappa shape index (κ2) is 10.00. The standard InChI is InChI=1S/C25H36N4O3/c30-24-5-4-23(25(31)26-24)29-17-21-3-2-20(16-22(21)18-29)19-6-10-27(11-7-19)8-1-9-28-12-14-32-15-13-28/h2-3,16,19,23H,1,4-15,17-18H2,(H,26,30,31). The number of fused-ring (bicyclic) bond motifs is 1. The van der Waals surface area contributed by atoms with E-state index >= 15 is 0 Å². The fourth-order valence-corrected chi connectivity index (χ4v) is 5.78. The summed E-state index contributed by atoms with van der Waals surface area (Å²) in [5.74, 6) is 0.369. The first-order valence-corrected chi connectivity index (χ1v) is 12.4. The van der Waals surface area contributed by atoms with Gasteiger partial charge >= 0.3 is 0 Å². The first kappa shape index (κ1) is 22.0. The minimum atomic E-state index is -0.177. The molecule has 1 aromatic rings. The van der Waals surface area contributed by atoms with E-state index in [2.05, 4.69) is 38.2 Å². The van der Waals surface area contributed by atoms with Gasteiger partial charge in [-0.2, -0.15) is 0 Å². The van der Waals surface area contributed by atoms with Crippen molar-refractivity contribution in [2.75, 3.05) is 52.5 Å². The number of hydrogen-bond acceptors (Lipinski definition) is 6. The third-order valence-electron chi connectivity index (χ3n) is 7.74. The van der Waals surface area contributed by atoms with E-state index in [1.165, 1.54) is 62.1 Å². The van der Waals surface area contributed by atoms with Crippen LogP contribution in [0.3, 0.4) is 0 Å². The van der Waals surface area contributed by atoms with Crippen LogP contribution in [-0.4, -0.2) is 85.0 Å². The Morgan fingerprint density at radius 1 is 0.906 bits per heavy atom. The molecule has 0 aromatic heterocycles. The largest absolute Gasteiger partial charge is 0.379 e. The molecule has 0 spiro atoms. The molecule has 32 heavy (non-hydrogen) atoms. The second-order valence-electron chi connectivity index (χ2n) is 9.82. The summed E-state index contributed by atoms with van der Waals surface area (Å²) in [6.45, 7) is 10.3. The number of ether oxygens (including phenoxy) is 1. The molecular weight excluding hydrogens is 404 g/mol. The van der Waals surface area contributed by atoms with E-state index in [0.717, 1.165) is 39.4 Å². The van der Waals surface area contributed by atoms with E-state index in [1.54, 1.807) is 0 Å². The van der Waals surface area contributed by atoms with Crippen LogP contribution in [0.5, 0.6) is 0 Å². The lowest BCUT2D eigenvalue weighted by atomic mass is 9.88. The van der Waals surface area contributed by atoms with Gasteiger partial charge in [0.2, 0.25) is 11.8 Å². The van der Waals surface area contributed by atoms with E-state index in [-0.39, 0.29) is 17.9 Å². The quantitative estimate of drug-likeness (QED) is 0.680. The van der Waals surface area contributed by atoms with E-state index < -0.39 is 0 Å². The molecule has 0 saturated carbocycles. The highest BCUT2D eigenvalue weighted by Crippen LogP contribution is 2.33. The maximum absolute atomic E-state index is 12.3. The van der Waals surface area contributed by atoms with Gasteiger partial charge in [-0.1, -0.05) is 18.2 Å². The molecule has 0 aliphatic carbocycles. The maximum Gasteiger partial charge on any atom is 0.243 e. The number of likely N-dealkylation sites (tertiary alicyclic amines) is 1. The van der Waals surface area contributed by atoms with Crippen molar-refractivity contribution in [3.8, 4) is 0 Å². The second-order valence-corrected chi connectivity index (χ2v) is 9.82.